The van der Waals surface area contributed by atoms with Gasteiger partial charge in [-0.2, -0.15) is 0 Å². The minimum atomic E-state index is -4.71. The number of carbonyl (C=O) groups excluding carboxylic acids is 1. The smallest absolute Gasteiger partial charge is 0.470 e. The molecule has 0 aliphatic carbocycles. The number of Topliss-reactive ketones (excluding diaryl/α,β-unsaturated/α-hetero) is 1. The van der Waals surface area contributed by atoms with Crippen LogP contribution in [0.25, 0.3) is 0 Å². The molecule has 0 aliphatic rings. The SMILES string of the molecule is CC(C)(OP(=O)(O)O)C(=O)COc1ccccc1. The number of hydrogen-bond donors (Lipinski definition) is 2. The predicted octanol–water partition coefficient (Wildman–Crippen LogP) is 1.52. The van der Waals surface area contributed by atoms with E-state index < -0.39 is 19.2 Å². The van der Waals surface area contributed by atoms with Gasteiger partial charge in [0.05, 0.1) is 0 Å². The lowest BCUT2D eigenvalue weighted by Gasteiger charge is -2.23. The number of benzene rings is 1. The second-order valence-corrected chi connectivity index (χ2v) is 5.28. The second-order valence-electron chi connectivity index (χ2n) is 4.12. The van der Waals surface area contributed by atoms with Crippen molar-refractivity contribution in [3.05, 3.63) is 30.3 Å². The van der Waals surface area contributed by atoms with Crippen molar-refractivity contribution < 1.29 is 28.4 Å². The molecule has 0 amide bonds. The maximum Gasteiger partial charge on any atom is 0.470 e. The van der Waals surface area contributed by atoms with Crippen LogP contribution in [0.1, 0.15) is 13.8 Å². The number of phosphoric ester groups is 1. The number of ether oxygens (including phenoxy) is 1. The van der Waals surface area contributed by atoms with Gasteiger partial charge in [-0.3, -0.25) is 9.32 Å². The van der Waals surface area contributed by atoms with E-state index in [-0.39, 0.29) is 6.61 Å². The number of hydrogen-bond acceptors (Lipinski definition) is 4. The molecule has 2 N–H and O–H groups in total. The molecule has 0 saturated heterocycles. The maximum absolute atomic E-state index is 11.7. The van der Waals surface area contributed by atoms with E-state index >= 15 is 0 Å². The first kappa shape index (κ1) is 14.9. The van der Waals surface area contributed by atoms with Gasteiger partial charge in [-0.15, -0.1) is 0 Å². The van der Waals surface area contributed by atoms with E-state index in [0.29, 0.717) is 5.75 Å². The summed E-state index contributed by atoms with van der Waals surface area (Å²) in [6.45, 7) is 2.24. The number of phosphoric acid groups is 1. The largest absolute Gasteiger partial charge is 0.486 e. The van der Waals surface area contributed by atoms with Crippen molar-refractivity contribution in [1.29, 1.82) is 0 Å². The van der Waals surface area contributed by atoms with Crippen molar-refractivity contribution in [2.24, 2.45) is 0 Å². The summed E-state index contributed by atoms with van der Waals surface area (Å²) in [6, 6.07) is 8.64. The van der Waals surface area contributed by atoms with Crippen molar-refractivity contribution in [3.8, 4) is 5.75 Å². The van der Waals surface area contributed by atoms with Crippen LogP contribution in [0.5, 0.6) is 5.75 Å². The number of para-hydroxylation sites is 1. The van der Waals surface area contributed by atoms with E-state index in [9.17, 15) is 9.36 Å². The molecular formula is C11H15O6P. The Kier molecular flexibility index (Phi) is 4.65. The lowest BCUT2D eigenvalue weighted by molar-refractivity contribution is -0.135. The van der Waals surface area contributed by atoms with Crippen molar-refractivity contribution in [2.45, 2.75) is 19.4 Å². The van der Waals surface area contributed by atoms with Crippen LogP contribution in [-0.2, 0) is 13.9 Å². The molecule has 100 valence electrons. The molecule has 6 nitrogen and oxygen atoms in total. The molecule has 7 heteroatoms. The zero-order valence-corrected chi connectivity index (χ0v) is 11.0. The topological polar surface area (TPSA) is 93.1 Å². The van der Waals surface area contributed by atoms with E-state index in [2.05, 4.69) is 4.52 Å². The van der Waals surface area contributed by atoms with Gasteiger partial charge in [0.15, 0.2) is 0 Å². The summed E-state index contributed by atoms with van der Waals surface area (Å²) >= 11 is 0. The molecule has 0 aliphatic heterocycles. The summed E-state index contributed by atoms with van der Waals surface area (Å²) in [5.41, 5.74) is -1.60. The van der Waals surface area contributed by atoms with E-state index in [1.165, 1.54) is 13.8 Å². The van der Waals surface area contributed by atoms with Gasteiger partial charge >= 0.3 is 7.82 Å². The Morgan fingerprint density at radius 3 is 2.33 bits per heavy atom. The van der Waals surface area contributed by atoms with Crippen LogP contribution in [0.2, 0.25) is 0 Å². The Labute approximate surface area is 105 Å². The molecule has 0 atom stereocenters. The molecule has 0 unspecified atom stereocenters. The Bertz CT molecular complexity index is 450. The summed E-state index contributed by atoms with van der Waals surface area (Å²) in [7, 11) is -4.71. The van der Waals surface area contributed by atoms with E-state index in [1.807, 2.05) is 0 Å². The monoisotopic (exact) mass is 274 g/mol. The molecule has 0 bridgehead atoms. The molecule has 1 aromatic rings. The first-order valence-corrected chi connectivity index (χ1v) is 6.71. The molecule has 1 aromatic carbocycles. The van der Waals surface area contributed by atoms with Gasteiger partial charge < -0.3 is 14.5 Å². The number of ketones is 1. The summed E-state index contributed by atoms with van der Waals surface area (Å²) in [5, 5.41) is 0. The third-order valence-corrected chi connectivity index (χ3v) is 2.83. The van der Waals surface area contributed by atoms with Crippen molar-refractivity contribution in [2.75, 3.05) is 6.61 Å². The highest BCUT2D eigenvalue weighted by Gasteiger charge is 2.35. The average molecular weight is 274 g/mol. The summed E-state index contributed by atoms with van der Waals surface area (Å²) in [4.78, 5) is 29.1. The summed E-state index contributed by atoms with van der Waals surface area (Å²) < 4.78 is 20.3. The van der Waals surface area contributed by atoms with Gasteiger partial charge in [-0.05, 0) is 26.0 Å². The quantitative estimate of drug-likeness (QED) is 0.764. The summed E-state index contributed by atoms with van der Waals surface area (Å²) in [5.74, 6) is -0.0625. The normalized spacial score (nSPS) is 12.2. The third-order valence-electron chi connectivity index (χ3n) is 2.13. The zero-order valence-electron chi connectivity index (χ0n) is 10.1. The molecule has 0 radical (unpaired) electrons. The maximum atomic E-state index is 11.7. The Balaban J connectivity index is 2.57. The highest BCUT2D eigenvalue weighted by molar-refractivity contribution is 7.46. The van der Waals surface area contributed by atoms with Crippen molar-refractivity contribution in [3.63, 3.8) is 0 Å². The Morgan fingerprint density at radius 2 is 1.83 bits per heavy atom. The van der Waals surface area contributed by atoms with Gasteiger partial charge in [0.25, 0.3) is 0 Å². The molecule has 0 saturated carbocycles. The lowest BCUT2D eigenvalue weighted by atomic mass is 10.1. The molecular weight excluding hydrogens is 259 g/mol. The van der Waals surface area contributed by atoms with Crippen LogP contribution in [0, 0.1) is 0 Å². The van der Waals surface area contributed by atoms with Gasteiger partial charge in [-0.1, -0.05) is 18.2 Å². The minimum absolute atomic E-state index is 0.322. The molecule has 0 fully saturated rings. The van der Waals surface area contributed by atoms with Gasteiger partial charge in [-0.25, -0.2) is 4.57 Å². The van der Waals surface area contributed by atoms with E-state index in [4.69, 9.17) is 14.5 Å². The molecule has 0 spiro atoms. The zero-order chi connectivity index (χ0) is 13.8. The first-order chi connectivity index (χ1) is 8.21. The minimum Gasteiger partial charge on any atom is -0.486 e. The van der Waals surface area contributed by atoms with Crippen LogP contribution < -0.4 is 4.74 Å². The van der Waals surface area contributed by atoms with E-state index in [1.54, 1.807) is 30.3 Å². The van der Waals surface area contributed by atoms with Gasteiger partial charge in [0.1, 0.15) is 18.0 Å². The van der Waals surface area contributed by atoms with Crippen LogP contribution in [-0.4, -0.2) is 27.8 Å². The fourth-order valence-corrected chi connectivity index (χ4v) is 1.88. The number of rotatable bonds is 6. The van der Waals surface area contributed by atoms with Gasteiger partial charge in [0.2, 0.25) is 5.78 Å². The standard InChI is InChI=1S/C11H15O6P/c1-11(2,17-18(13,14)15)10(12)8-16-9-6-4-3-5-7-9/h3-7H,8H2,1-2H3,(H2,13,14,15). The van der Waals surface area contributed by atoms with Crippen molar-refractivity contribution >= 4 is 13.6 Å². The fourth-order valence-electron chi connectivity index (χ4n) is 1.19. The number of carbonyl (C=O) groups is 1. The molecule has 1 rings (SSSR count). The third kappa shape index (κ3) is 4.98. The molecule has 0 heterocycles. The van der Waals surface area contributed by atoms with Gasteiger partial charge in [0, 0.05) is 0 Å². The highest BCUT2D eigenvalue weighted by Crippen LogP contribution is 2.41. The predicted molar refractivity (Wildman–Crippen MR) is 64.2 cm³/mol. The van der Waals surface area contributed by atoms with E-state index in [0.717, 1.165) is 0 Å². The molecule has 18 heavy (non-hydrogen) atoms. The Morgan fingerprint density at radius 1 is 1.28 bits per heavy atom. The molecule has 0 aromatic heterocycles. The first-order valence-electron chi connectivity index (χ1n) is 5.18. The summed E-state index contributed by atoms with van der Waals surface area (Å²) in [6.07, 6.45) is 0. The van der Waals surface area contributed by atoms with Crippen LogP contribution in [0.4, 0.5) is 0 Å². The van der Waals surface area contributed by atoms with Crippen molar-refractivity contribution in [1.82, 2.24) is 0 Å². The van der Waals surface area contributed by atoms with Crippen LogP contribution >= 0.6 is 7.82 Å². The Hall–Kier alpha value is -1.20. The average Bonchev–Trinajstić information content (AvgIpc) is 2.24. The second kappa shape index (κ2) is 5.63. The highest BCUT2D eigenvalue weighted by atomic mass is 31.2. The van der Waals surface area contributed by atoms with Crippen LogP contribution in [0.3, 0.4) is 0 Å². The fraction of sp³-hybridized carbons (Fsp3) is 0.364. The lowest BCUT2D eigenvalue weighted by Crippen LogP contribution is -2.37. The van der Waals surface area contributed by atoms with Crippen LogP contribution in [0.15, 0.2) is 30.3 Å².